The fourth-order valence-corrected chi connectivity index (χ4v) is 8.28. The second-order valence-electron chi connectivity index (χ2n) is 15.7. The Kier molecular flexibility index (Phi) is 15.0. The lowest BCUT2D eigenvalue weighted by molar-refractivity contribution is -0.313. The molecule has 1 heterocycles. The van der Waals surface area contributed by atoms with E-state index >= 15 is 0 Å². The Balaban J connectivity index is 1.37. The van der Waals surface area contributed by atoms with Gasteiger partial charge in [-0.2, -0.15) is 0 Å². The van der Waals surface area contributed by atoms with Crippen molar-refractivity contribution >= 4 is 11.6 Å². The van der Waals surface area contributed by atoms with Gasteiger partial charge in [-0.25, -0.2) is 0 Å². The van der Waals surface area contributed by atoms with Crippen LogP contribution in [0.25, 0.3) is 0 Å². The molecule has 0 saturated carbocycles. The van der Waals surface area contributed by atoms with Crippen LogP contribution in [-0.2, 0) is 68.6 Å². The Morgan fingerprint density at radius 3 is 1.63 bits per heavy atom. The van der Waals surface area contributed by atoms with Crippen LogP contribution in [0, 0.1) is 0 Å². The van der Waals surface area contributed by atoms with Crippen LogP contribution >= 0.6 is 11.6 Å². The number of halogens is 1. The molecule has 310 valence electrons. The Labute approximate surface area is 360 Å². The molecule has 0 spiro atoms. The summed E-state index contributed by atoms with van der Waals surface area (Å²) in [7, 11) is 0. The summed E-state index contributed by atoms with van der Waals surface area (Å²) in [5.74, 6) is -0.00550. The van der Waals surface area contributed by atoms with E-state index in [-0.39, 0.29) is 25.6 Å². The van der Waals surface area contributed by atoms with E-state index in [2.05, 4.69) is 37.8 Å². The van der Waals surface area contributed by atoms with Crippen molar-refractivity contribution in [3.63, 3.8) is 0 Å². The average Bonchev–Trinajstić information content (AvgIpc) is 3.27. The van der Waals surface area contributed by atoms with E-state index in [9.17, 15) is 5.11 Å². The van der Waals surface area contributed by atoms with E-state index in [0.717, 1.165) is 45.4 Å². The van der Waals surface area contributed by atoms with Gasteiger partial charge in [0.1, 0.15) is 35.8 Å². The predicted octanol–water partition coefficient (Wildman–Crippen LogP) is 11.7. The number of benzene rings is 6. The third-order valence-corrected chi connectivity index (χ3v) is 11.4. The molecule has 1 N–H and O–H groups in total. The van der Waals surface area contributed by atoms with Crippen molar-refractivity contribution in [1.82, 2.24) is 0 Å². The first kappa shape index (κ1) is 43.1. The maximum Gasteiger partial charge on any atom is 0.130 e. The standard InChI is InChI=1S/C53H55ClO6/c1-4-39-25-27-40(28-26-39)29-45-30-46(48(55)31-47(45)54)53(32-38(2)3)52(59-36-44-23-15-8-16-24-44)51(58-35-43-21-13-7-14-22-43)50(57-34-42-19-11-6-12-20-42)49(60-53)37-56-33-41-17-9-5-10-18-41/h5-28,30-31,49-52,55H,2,4,29,32-37H2,1,3H3. The van der Waals surface area contributed by atoms with Gasteiger partial charge >= 0.3 is 0 Å². The molecule has 6 nitrogen and oxygen atoms in total. The van der Waals surface area contributed by atoms with Gasteiger partial charge in [-0.15, -0.1) is 6.58 Å². The number of ether oxygens (including phenoxy) is 5. The van der Waals surface area contributed by atoms with E-state index in [1.807, 2.05) is 134 Å². The van der Waals surface area contributed by atoms with Crippen LogP contribution in [0.4, 0.5) is 0 Å². The number of phenols is 1. The zero-order valence-corrected chi connectivity index (χ0v) is 35.3. The molecule has 0 aliphatic carbocycles. The average molecular weight is 823 g/mol. The molecule has 5 unspecified atom stereocenters. The van der Waals surface area contributed by atoms with Crippen molar-refractivity contribution in [3.8, 4) is 5.75 Å². The fourth-order valence-electron chi connectivity index (χ4n) is 8.05. The van der Waals surface area contributed by atoms with Crippen LogP contribution in [-0.4, -0.2) is 36.1 Å². The van der Waals surface area contributed by atoms with Gasteiger partial charge in [-0.3, -0.25) is 0 Å². The second-order valence-corrected chi connectivity index (χ2v) is 16.1. The number of hydrogen-bond donors (Lipinski definition) is 1. The number of phenolic OH excluding ortho intramolecular Hbond substituents is 1. The van der Waals surface area contributed by atoms with Crippen LogP contribution < -0.4 is 0 Å². The molecule has 0 amide bonds. The van der Waals surface area contributed by atoms with Gasteiger partial charge in [0, 0.05) is 17.0 Å². The summed E-state index contributed by atoms with van der Waals surface area (Å²) >= 11 is 6.99. The molecule has 1 fully saturated rings. The van der Waals surface area contributed by atoms with Crippen LogP contribution in [0.5, 0.6) is 5.75 Å². The topological polar surface area (TPSA) is 66.4 Å². The molecule has 6 aromatic rings. The van der Waals surface area contributed by atoms with Gasteiger partial charge < -0.3 is 28.8 Å². The van der Waals surface area contributed by atoms with Gasteiger partial charge in [0.25, 0.3) is 0 Å². The highest BCUT2D eigenvalue weighted by Crippen LogP contribution is 2.50. The number of rotatable bonds is 19. The SMILES string of the molecule is C=C(C)CC1(c2cc(Cc3ccc(CC)cc3)c(Cl)cc2O)OC(COCc2ccccc2)C(OCc2ccccc2)C(OCc2ccccc2)C1OCc1ccccc1. The lowest BCUT2D eigenvalue weighted by Gasteiger charge is -2.53. The summed E-state index contributed by atoms with van der Waals surface area (Å²) in [5, 5.41) is 12.6. The molecular weight excluding hydrogens is 768 g/mol. The monoisotopic (exact) mass is 822 g/mol. The first-order valence-electron chi connectivity index (χ1n) is 20.8. The van der Waals surface area contributed by atoms with E-state index in [1.54, 1.807) is 6.07 Å². The highest BCUT2D eigenvalue weighted by molar-refractivity contribution is 6.31. The van der Waals surface area contributed by atoms with Crippen LogP contribution in [0.2, 0.25) is 5.02 Å². The maximum absolute atomic E-state index is 12.2. The maximum atomic E-state index is 12.2. The minimum Gasteiger partial charge on any atom is -0.508 e. The summed E-state index contributed by atoms with van der Waals surface area (Å²) in [6.07, 6.45) is -1.05. The van der Waals surface area contributed by atoms with Crippen molar-refractivity contribution in [2.45, 2.75) is 89.6 Å². The summed E-state index contributed by atoms with van der Waals surface area (Å²) in [6, 6.07) is 52.5. The largest absolute Gasteiger partial charge is 0.508 e. The van der Waals surface area contributed by atoms with Crippen LogP contribution in [0.3, 0.4) is 0 Å². The summed E-state index contributed by atoms with van der Waals surface area (Å²) < 4.78 is 35.3. The molecule has 5 atom stereocenters. The zero-order chi connectivity index (χ0) is 41.7. The fraction of sp³-hybridized carbons (Fsp3) is 0.283. The Morgan fingerprint density at radius 1 is 0.633 bits per heavy atom. The summed E-state index contributed by atoms with van der Waals surface area (Å²) in [5.41, 5.74) is 7.29. The quantitative estimate of drug-likeness (QED) is 0.0821. The van der Waals surface area contributed by atoms with E-state index in [0.29, 0.717) is 36.6 Å². The lowest BCUT2D eigenvalue weighted by atomic mass is 9.75. The van der Waals surface area contributed by atoms with Gasteiger partial charge in [0.2, 0.25) is 0 Å². The van der Waals surface area contributed by atoms with E-state index in [4.69, 9.17) is 35.3 Å². The van der Waals surface area contributed by atoms with Gasteiger partial charge in [0.05, 0.1) is 33.0 Å². The zero-order valence-electron chi connectivity index (χ0n) is 34.6. The normalized spacial score (nSPS) is 20.2. The smallest absolute Gasteiger partial charge is 0.130 e. The molecule has 1 aliphatic rings. The molecule has 1 aliphatic heterocycles. The molecule has 6 aromatic carbocycles. The van der Waals surface area contributed by atoms with Gasteiger partial charge in [-0.1, -0.05) is 170 Å². The molecule has 1 saturated heterocycles. The number of aryl methyl sites for hydroxylation is 1. The minimum absolute atomic E-state index is 0.00550. The van der Waals surface area contributed by atoms with Crippen molar-refractivity contribution in [1.29, 1.82) is 0 Å². The first-order valence-corrected chi connectivity index (χ1v) is 21.2. The highest BCUT2D eigenvalue weighted by Gasteiger charge is 2.58. The molecular formula is C53H55ClO6. The van der Waals surface area contributed by atoms with Crippen LogP contribution in [0.15, 0.2) is 170 Å². The highest BCUT2D eigenvalue weighted by atomic mass is 35.5. The Morgan fingerprint density at radius 2 is 1.12 bits per heavy atom. The number of aromatic hydroxyl groups is 1. The Hall–Kier alpha value is -5.05. The molecule has 60 heavy (non-hydrogen) atoms. The minimum atomic E-state index is -1.33. The third kappa shape index (κ3) is 11.0. The lowest BCUT2D eigenvalue weighted by Crippen LogP contribution is -2.65. The summed E-state index contributed by atoms with van der Waals surface area (Å²) in [6.45, 7) is 9.93. The molecule has 0 bridgehead atoms. The molecule has 7 heteroatoms. The van der Waals surface area contributed by atoms with E-state index in [1.165, 1.54) is 5.56 Å². The third-order valence-electron chi connectivity index (χ3n) is 11.1. The summed E-state index contributed by atoms with van der Waals surface area (Å²) in [4.78, 5) is 0. The van der Waals surface area contributed by atoms with Crippen LogP contribution in [0.1, 0.15) is 64.8 Å². The number of hydrogen-bond acceptors (Lipinski definition) is 6. The second kappa shape index (κ2) is 21.0. The van der Waals surface area contributed by atoms with Crippen molar-refractivity contribution in [2.75, 3.05) is 6.61 Å². The molecule has 7 rings (SSSR count). The first-order chi connectivity index (χ1) is 29.3. The predicted molar refractivity (Wildman–Crippen MR) is 239 cm³/mol. The van der Waals surface area contributed by atoms with Crippen molar-refractivity contribution < 1.29 is 28.8 Å². The molecule has 0 radical (unpaired) electrons. The van der Waals surface area contributed by atoms with Crippen molar-refractivity contribution in [3.05, 3.63) is 219 Å². The molecule has 0 aromatic heterocycles. The van der Waals surface area contributed by atoms with Gasteiger partial charge in [0.15, 0.2) is 0 Å². The van der Waals surface area contributed by atoms with Gasteiger partial charge in [-0.05, 0) is 70.8 Å². The van der Waals surface area contributed by atoms with Crippen molar-refractivity contribution in [2.24, 2.45) is 0 Å². The Bertz CT molecular complexity index is 2230. The van der Waals surface area contributed by atoms with E-state index < -0.39 is 30.0 Å².